The Labute approximate surface area is 89.8 Å². The van der Waals surface area contributed by atoms with Crippen LogP contribution in [0.1, 0.15) is 19.4 Å². The summed E-state index contributed by atoms with van der Waals surface area (Å²) < 4.78 is 17.7. The van der Waals surface area contributed by atoms with Gasteiger partial charge in [0.1, 0.15) is 5.82 Å². The van der Waals surface area contributed by atoms with Gasteiger partial charge in [-0.15, -0.1) is 0 Å². The van der Waals surface area contributed by atoms with Gasteiger partial charge in [-0.3, -0.25) is 4.99 Å². The fraction of sp³-hybridized carbons (Fsp3) is 0.417. The first kappa shape index (κ1) is 11.9. The van der Waals surface area contributed by atoms with Gasteiger partial charge in [0.2, 0.25) is 0 Å². The smallest absolute Gasteiger partial charge is 0.123 e. The summed E-state index contributed by atoms with van der Waals surface area (Å²) in [6.07, 6.45) is 0.111. The van der Waals surface area contributed by atoms with Gasteiger partial charge >= 0.3 is 0 Å². The predicted octanol–water partition coefficient (Wildman–Crippen LogP) is 2.67. The largest absolute Gasteiger partial charge is 0.380 e. The van der Waals surface area contributed by atoms with Crippen molar-refractivity contribution in [3.05, 3.63) is 35.6 Å². The predicted molar refractivity (Wildman–Crippen MR) is 59.9 cm³/mol. The van der Waals surface area contributed by atoms with Crippen molar-refractivity contribution < 1.29 is 9.13 Å². The van der Waals surface area contributed by atoms with Crippen LogP contribution in [0.4, 0.5) is 4.39 Å². The molecule has 0 spiro atoms. The second-order valence-electron chi connectivity index (χ2n) is 3.48. The molecule has 82 valence electrons. The highest BCUT2D eigenvalue weighted by atomic mass is 19.1. The van der Waals surface area contributed by atoms with Crippen molar-refractivity contribution >= 4 is 5.71 Å². The zero-order chi connectivity index (χ0) is 11.3. The fourth-order valence-electron chi connectivity index (χ4n) is 1.12. The van der Waals surface area contributed by atoms with Crippen LogP contribution in [-0.4, -0.2) is 25.5 Å². The summed E-state index contributed by atoms with van der Waals surface area (Å²) in [7, 11) is 1.66. The number of hydrogen-bond donors (Lipinski definition) is 0. The quantitative estimate of drug-likeness (QED) is 0.699. The number of methoxy groups -OCH3 is 1. The standard InChI is InChI=1S/C12H16FNO/c1-9(15-3)8-14-10(2)11-4-6-12(13)7-5-11/h4-7,9H,8H2,1-3H3. The molecule has 0 aromatic heterocycles. The normalized spacial score (nSPS) is 14.0. The van der Waals surface area contributed by atoms with Crippen LogP contribution >= 0.6 is 0 Å². The van der Waals surface area contributed by atoms with E-state index < -0.39 is 0 Å². The Hall–Kier alpha value is -1.22. The second kappa shape index (κ2) is 5.61. The Morgan fingerprint density at radius 3 is 2.53 bits per heavy atom. The molecule has 0 bridgehead atoms. The van der Waals surface area contributed by atoms with Gasteiger partial charge in [0.05, 0.1) is 12.6 Å². The summed E-state index contributed by atoms with van der Waals surface area (Å²) in [5, 5.41) is 0. The second-order valence-corrected chi connectivity index (χ2v) is 3.48. The molecule has 1 rings (SSSR count). The molecule has 0 radical (unpaired) electrons. The van der Waals surface area contributed by atoms with Crippen LogP contribution < -0.4 is 0 Å². The molecule has 1 unspecified atom stereocenters. The van der Waals surface area contributed by atoms with E-state index in [0.717, 1.165) is 11.3 Å². The van der Waals surface area contributed by atoms with Crippen LogP contribution in [0.3, 0.4) is 0 Å². The third kappa shape index (κ3) is 3.80. The molecule has 1 aromatic carbocycles. The minimum atomic E-state index is -0.225. The van der Waals surface area contributed by atoms with E-state index in [2.05, 4.69) is 4.99 Å². The molecular formula is C12H16FNO. The zero-order valence-corrected chi connectivity index (χ0v) is 9.33. The van der Waals surface area contributed by atoms with Crippen LogP contribution in [0.5, 0.6) is 0 Å². The molecule has 0 fully saturated rings. The van der Waals surface area contributed by atoms with E-state index in [4.69, 9.17) is 4.74 Å². The van der Waals surface area contributed by atoms with Gasteiger partial charge in [0.25, 0.3) is 0 Å². The maximum absolute atomic E-state index is 12.7. The Kier molecular flexibility index (Phi) is 4.43. The highest BCUT2D eigenvalue weighted by molar-refractivity contribution is 5.98. The van der Waals surface area contributed by atoms with E-state index in [0.29, 0.717) is 6.54 Å². The van der Waals surface area contributed by atoms with E-state index in [1.165, 1.54) is 12.1 Å². The number of hydrogen-bond acceptors (Lipinski definition) is 2. The van der Waals surface area contributed by atoms with Gasteiger partial charge in [-0.1, -0.05) is 12.1 Å². The van der Waals surface area contributed by atoms with Crippen LogP contribution in [-0.2, 0) is 4.74 Å². The average molecular weight is 209 g/mol. The van der Waals surface area contributed by atoms with Crippen LogP contribution in [0, 0.1) is 5.82 Å². The number of aliphatic imine (C=N–C) groups is 1. The van der Waals surface area contributed by atoms with Crippen LogP contribution in [0.15, 0.2) is 29.3 Å². The van der Waals surface area contributed by atoms with Gasteiger partial charge < -0.3 is 4.74 Å². The number of nitrogens with zero attached hydrogens (tertiary/aromatic N) is 1. The van der Waals surface area contributed by atoms with Crippen molar-refractivity contribution in [3.8, 4) is 0 Å². The van der Waals surface area contributed by atoms with Crippen LogP contribution in [0.2, 0.25) is 0 Å². The zero-order valence-electron chi connectivity index (χ0n) is 9.33. The average Bonchev–Trinajstić information content (AvgIpc) is 2.26. The fourth-order valence-corrected chi connectivity index (χ4v) is 1.12. The molecule has 0 saturated carbocycles. The van der Waals surface area contributed by atoms with E-state index in [9.17, 15) is 4.39 Å². The number of rotatable bonds is 4. The third-order valence-corrected chi connectivity index (χ3v) is 2.25. The van der Waals surface area contributed by atoms with E-state index in [1.54, 1.807) is 19.2 Å². The monoisotopic (exact) mass is 209 g/mol. The first-order valence-corrected chi connectivity index (χ1v) is 4.93. The van der Waals surface area contributed by atoms with Gasteiger partial charge in [0, 0.05) is 12.8 Å². The van der Waals surface area contributed by atoms with Crippen molar-refractivity contribution in [2.45, 2.75) is 20.0 Å². The summed E-state index contributed by atoms with van der Waals surface area (Å²) >= 11 is 0. The molecule has 3 heteroatoms. The molecule has 2 nitrogen and oxygen atoms in total. The molecule has 0 N–H and O–H groups in total. The molecular weight excluding hydrogens is 193 g/mol. The minimum absolute atomic E-state index is 0.111. The molecule has 15 heavy (non-hydrogen) atoms. The summed E-state index contributed by atoms with van der Waals surface area (Å²) in [6, 6.07) is 6.33. The minimum Gasteiger partial charge on any atom is -0.380 e. The van der Waals surface area contributed by atoms with Crippen molar-refractivity contribution in [2.75, 3.05) is 13.7 Å². The summed E-state index contributed by atoms with van der Waals surface area (Å²) in [5.41, 5.74) is 1.85. The van der Waals surface area contributed by atoms with E-state index in [1.807, 2.05) is 13.8 Å². The summed E-state index contributed by atoms with van der Waals surface area (Å²) in [6.45, 7) is 4.50. The van der Waals surface area contributed by atoms with Gasteiger partial charge in [-0.05, 0) is 31.5 Å². The Balaban J connectivity index is 2.67. The van der Waals surface area contributed by atoms with E-state index >= 15 is 0 Å². The van der Waals surface area contributed by atoms with Crippen LogP contribution in [0.25, 0.3) is 0 Å². The first-order valence-electron chi connectivity index (χ1n) is 4.93. The van der Waals surface area contributed by atoms with Crippen molar-refractivity contribution in [1.29, 1.82) is 0 Å². The summed E-state index contributed by atoms with van der Waals surface area (Å²) in [5.74, 6) is -0.225. The van der Waals surface area contributed by atoms with Gasteiger partial charge in [-0.2, -0.15) is 0 Å². The third-order valence-electron chi connectivity index (χ3n) is 2.25. The molecule has 0 aliphatic rings. The molecule has 0 aliphatic heterocycles. The molecule has 0 heterocycles. The lowest BCUT2D eigenvalue weighted by Gasteiger charge is -2.06. The maximum Gasteiger partial charge on any atom is 0.123 e. The Morgan fingerprint density at radius 2 is 2.00 bits per heavy atom. The SMILES string of the molecule is COC(C)CN=C(C)c1ccc(F)cc1. The molecule has 0 aliphatic carbocycles. The van der Waals surface area contributed by atoms with Gasteiger partial charge in [0.15, 0.2) is 0 Å². The lowest BCUT2D eigenvalue weighted by molar-refractivity contribution is 0.125. The lowest BCUT2D eigenvalue weighted by atomic mass is 10.1. The Morgan fingerprint density at radius 1 is 1.40 bits per heavy atom. The maximum atomic E-state index is 12.7. The molecule has 1 aromatic rings. The van der Waals surface area contributed by atoms with Crippen molar-refractivity contribution in [1.82, 2.24) is 0 Å². The van der Waals surface area contributed by atoms with E-state index in [-0.39, 0.29) is 11.9 Å². The number of ether oxygens (including phenoxy) is 1. The highest BCUT2D eigenvalue weighted by Crippen LogP contribution is 2.04. The number of halogens is 1. The lowest BCUT2D eigenvalue weighted by Crippen LogP contribution is -2.10. The topological polar surface area (TPSA) is 21.6 Å². The highest BCUT2D eigenvalue weighted by Gasteiger charge is 2.00. The van der Waals surface area contributed by atoms with Gasteiger partial charge in [-0.25, -0.2) is 4.39 Å². The molecule has 1 atom stereocenters. The Bertz CT molecular complexity index is 332. The summed E-state index contributed by atoms with van der Waals surface area (Å²) in [4.78, 5) is 4.36. The van der Waals surface area contributed by atoms with Crippen molar-refractivity contribution in [3.63, 3.8) is 0 Å². The number of benzene rings is 1. The molecule has 0 amide bonds. The molecule has 0 saturated heterocycles. The first-order chi connectivity index (χ1) is 7.13. The van der Waals surface area contributed by atoms with Crippen molar-refractivity contribution in [2.24, 2.45) is 4.99 Å².